The van der Waals surface area contributed by atoms with Crippen LogP contribution < -0.4 is 5.32 Å². The summed E-state index contributed by atoms with van der Waals surface area (Å²) in [6, 6.07) is 0.313. The fraction of sp³-hybridized carbons (Fsp3) is 0.500. The highest BCUT2D eigenvalue weighted by atomic mass is 15.3. The van der Waals surface area contributed by atoms with Crippen LogP contribution in [-0.4, -0.2) is 31.6 Å². The van der Waals surface area contributed by atoms with Crippen molar-refractivity contribution in [2.75, 3.05) is 7.05 Å². The molecule has 0 amide bonds. The quantitative estimate of drug-likeness (QED) is 0.807. The van der Waals surface area contributed by atoms with Crippen LogP contribution in [0.4, 0.5) is 0 Å². The number of nitrogens with one attached hydrogen (secondary N) is 1. The highest BCUT2D eigenvalue weighted by Crippen LogP contribution is 2.10. The van der Waals surface area contributed by atoms with Gasteiger partial charge in [-0.2, -0.15) is 10.2 Å². The molecule has 0 radical (unpaired) electrons. The van der Waals surface area contributed by atoms with E-state index in [1.54, 1.807) is 11.0 Å². The first-order chi connectivity index (χ1) is 7.70. The molecule has 0 saturated carbocycles. The molecule has 2 aromatic rings. The average molecular weight is 220 g/mol. The summed E-state index contributed by atoms with van der Waals surface area (Å²) >= 11 is 0. The van der Waals surface area contributed by atoms with Crippen molar-refractivity contribution in [3.8, 4) is 0 Å². The molecule has 1 unspecified atom stereocenters. The van der Waals surface area contributed by atoms with E-state index < -0.39 is 0 Å². The zero-order valence-electron chi connectivity index (χ0n) is 9.75. The molecular formula is C10H16N6. The summed E-state index contributed by atoms with van der Waals surface area (Å²) in [5.74, 6) is 0.895. The maximum Gasteiger partial charge on any atom is 0.148 e. The summed E-state index contributed by atoms with van der Waals surface area (Å²) < 4.78 is 3.62. The van der Waals surface area contributed by atoms with Crippen LogP contribution in [0.25, 0.3) is 0 Å². The largest absolute Gasteiger partial charge is 0.313 e. The standard InChI is InChI=1S/C10H16N6/c1-8(11-2)9-4-13-16(5-9)6-10-12-7-14-15(10)3/h4-5,7-8,11H,6H2,1-3H3. The van der Waals surface area contributed by atoms with Crippen molar-refractivity contribution in [3.05, 3.63) is 30.1 Å². The second-order valence-electron chi connectivity index (χ2n) is 3.78. The third kappa shape index (κ3) is 2.11. The lowest BCUT2D eigenvalue weighted by Crippen LogP contribution is -2.11. The number of hydrogen-bond donors (Lipinski definition) is 1. The van der Waals surface area contributed by atoms with Crippen LogP contribution >= 0.6 is 0 Å². The van der Waals surface area contributed by atoms with E-state index in [1.165, 1.54) is 5.56 Å². The Labute approximate surface area is 94.3 Å². The van der Waals surface area contributed by atoms with E-state index in [-0.39, 0.29) is 0 Å². The minimum Gasteiger partial charge on any atom is -0.313 e. The molecule has 1 N–H and O–H groups in total. The van der Waals surface area contributed by atoms with Crippen LogP contribution in [0.15, 0.2) is 18.7 Å². The Hall–Kier alpha value is -1.69. The molecule has 0 bridgehead atoms. The van der Waals surface area contributed by atoms with Crippen LogP contribution in [0, 0.1) is 0 Å². The normalized spacial score (nSPS) is 12.9. The van der Waals surface area contributed by atoms with Crippen molar-refractivity contribution >= 4 is 0 Å². The van der Waals surface area contributed by atoms with Gasteiger partial charge in [0.2, 0.25) is 0 Å². The SMILES string of the molecule is CNC(C)c1cnn(Cc2ncnn2C)c1. The number of aryl methyl sites for hydroxylation is 1. The lowest BCUT2D eigenvalue weighted by atomic mass is 10.2. The molecule has 2 aromatic heterocycles. The van der Waals surface area contributed by atoms with Crippen molar-refractivity contribution < 1.29 is 0 Å². The van der Waals surface area contributed by atoms with E-state index in [2.05, 4.69) is 27.4 Å². The Morgan fingerprint density at radius 1 is 1.44 bits per heavy atom. The third-order valence-electron chi connectivity index (χ3n) is 2.69. The molecule has 0 aliphatic rings. The Balaban J connectivity index is 2.11. The van der Waals surface area contributed by atoms with Crippen LogP contribution in [0.2, 0.25) is 0 Å². The van der Waals surface area contributed by atoms with Crippen LogP contribution in [0.1, 0.15) is 24.4 Å². The smallest absolute Gasteiger partial charge is 0.148 e. The van der Waals surface area contributed by atoms with Gasteiger partial charge in [-0.15, -0.1) is 0 Å². The van der Waals surface area contributed by atoms with Crippen LogP contribution in [0.5, 0.6) is 0 Å². The summed E-state index contributed by atoms with van der Waals surface area (Å²) in [4.78, 5) is 4.16. The van der Waals surface area contributed by atoms with Gasteiger partial charge in [-0.05, 0) is 14.0 Å². The van der Waals surface area contributed by atoms with Crippen molar-refractivity contribution in [1.82, 2.24) is 29.9 Å². The van der Waals surface area contributed by atoms with Gasteiger partial charge in [-0.25, -0.2) is 4.98 Å². The predicted molar refractivity (Wildman–Crippen MR) is 59.8 cm³/mol. The summed E-state index contributed by atoms with van der Waals surface area (Å²) in [6.07, 6.45) is 5.45. The first kappa shape index (κ1) is 10.8. The van der Waals surface area contributed by atoms with Gasteiger partial charge in [0.1, 0.15) is 18.7 Å². The molecule has 2 heterocycles. The Kier molecular flexibility index (Phi) is 3.00. The first-order valence-electron chi connectivity index (χ1n) is 5.23. The maximum absolute atomic E-state index is 4.30. The van der Waals surface area contributed by atoms with Gasteiger partial charge in [0.25, 0.3) is 0 Å². The van der Waals surface area contributed by atoms with Crippen LogP contribution in [-0.2, 0) is 13.6 Å². The van der Waals surface area contributed by atoms with Gasteiger partial charge in [-0.3, -0.25) is 9.36 Å². The molecular weight excluding hydrogens is 204 g/mol. The average Bonchev–Trinajstić information content (AvgIpc) is 2.89. The minimum absolute atomic E-state index is 0.313. The molecule has 86 valence electrons. The van der Waals surface area contributed by atoms with Gasteiger partial charge in [-0.1, -0.05) is 0 Å². The molecule has 16 heavy (non-hydrogen) atoms. The molecule has 0 saturated heterocycles. The lowest BCUT2D eigenvalue weighted by Gasteiger charge is -2.05. The topological polar surface area (TPSA) is 60.6 Å². The Morgan fingerprint density at radius 2 is 2.25 bits per heavy atom. The molecule has 6 heteroatoms. The van der Waals surface area contributed by atoms with Gasteiger partial charge < -0.3 is 5.32 Å². The highest BCUT2D eigenvalue weighted by Gasteiger charge is 2.07. The predicted octanol–water partition coefficient (Wildman–Crippen LogP) is 0.340. The van der Waals surface area contributed by atoms with E-state index >= 15 is 0 Å². The summed E-state index contributed by atoms with van der Waals surface area (Å²) in [6.45, 7) is 2.75. The fourth-order valence-electron chi connectivity index (χ4n) is 1.46. The molecule has 1 atom stereocenters. The monoisotopic (exact) mass is 220 g/mol. The zero-order chi connectivity index (χ0) is 11.5. The molecule has 6 nitrogen and oxygen atoms in total. The number of hydrogen-bond acceptors (Lipinski definition) is 4. The van der Waals surface area contributed by atoms with E-state index in [0.29, 0.717) is 12.6 Å². The molecule has 0 fully saturated rings. The van der Waals surface area contributed by atoms with Crippen molar-refractivity contribution in [2.45, 2.75) is 19.5 Å². The molecule has 0 aromatic carbocycles. The maximum atomic E-state index is 4.30. The van der Waals surface area contributed by atoms with Crippen molar-refractivity contribution in [3.63, 3.8) is 0 Å². The molecule has 2 rings (SSSR count). The minimum atomic E-state index is 0.313. The van der Waals surface area contributed by atoms with Crippen LogP contribution in [0.3, 0.4) is 0 Å². The lowest BCUT2D eigenvalue weighted by molar-refractivity contribution is 0.604. The number of aromatic nitrogens is 5. The molecule has 0 aliphatic carbocycles. The van der Waals surface area contributed by atoms with E-state index in [1.807, 2.05) is 31.2 Å². The zero-order valence-corrected chi connectivity index (χ0v) is 9.75. The highest BCUT2D eigenvalue weighted by molar-refractivity contribution is 5.09. The second-order valence-corrected chi connectivity index (χ2v) is 3.78. The summed E-state index contributed by atoms with van der Waals surface area (Å²) in [5, 5.41) is 11.5. The van der Waals surface area contributed by atoms with Gasteiger partial charge in [0.05, 0.1) is 6.20 Å². The van der Waals surface area contributed by atoms with E-state index in [4.69, 9.17) is 0 Å². The molecule has 0 spiro atoms. The van der Waals surface area contributed by atoms with Crippen molar-refractivity contribution in [1.29, 1.82) is 0 Å². The molecule has 0 aliphatic heterocycles. The Morgan fingerprint density at radius 3 is 2.88 bits per heavy atom. The number of rotatable bonds is 4. The van der Waals surface area contributed by atoms with Gasteiger partial charge in [0.15, 0.2) is 0 Å². The fourth-order valence-corrected chi connectivity index (χ4v) is 1.46. The summed E-state index contributed by atoms with van der Waals surface area (Å²) in [5.41, 5.74) is 1.17. The first-order valence-corrected chi connectivity index (χ1v) is 5.23. The van der Waals surface area contributed by atoms with E-state index in [0.717, 1.165) is 5.82 Å². The Bertz CT molecular complexity index is 457. The third-order valence-corrected chi connectivity index (χ3v) is 2.69. The summed E-state index contributed by atoms with van der Waals surface area (Å²) in [7, 11) is 3.81. The number of nitrogens with zero attached hydrogens (tertiary/aromatic N) is 5. The van der Waals surface area contributed by atoms with E-state index in [9.17, 15) is 0 Å². The van der Waals surface area contributed by atoms with Crippen molar-refractivity contribution in [2.24, 2.45) is 7.05 Å². The van der Waals surface area contributed by atoms with Gasteiger partial charge in [0, 0.05) is 24.8 Å². The second kappa shape index (κ2) is 4.44. The van der Waals surface area contributed by atoms with Gasteiger partial charge >= 0.3 is 0 Å².